The predicted molar refractivity (Wildman–Crippen MR) is 79.1 cm³/mol. The molecule has 0 aliphatic heterocycles. The highest BCUT2D eigenvalue weighted by Crippen LogP contribution is 2.28. The van der Waals surface area contributed by atoms with Gasteiger partial charge < -0.3 is 5.32 Å². The Kier molecular flexibility index (Phi) is 4.73. The molecule has 1 heterocycles. The van der Waals surface area contributed by atoms with E-state index in [1.165, 1.54) is 31.2 Å². The van der Waals surface area contributed by atoms with Crippen LogP contribution in [0.1, 0.15) is 49.9 Å². The molecule has 3 nitrogen and oxygen atoms in total. The van der Waals surface area contributed by atoms with Gasteiger partial charge in [-0.2, -0.15) is 16.9 Å². The SMILES string of the molecule is CSC1CCCC(NC(C)c2cn(C)nc2C)C1. The summed E-state index contributed by atoms with van der Waals surface area (Å²) in [6.45, 7) is 4.35. The van der Waals surface area contributed by atoms with E-state index in [2.05, 4.69) is 36.7 Å². The maximum atomic E-state index is 4.43. The molecule has 0 saturated heterocycles. The molecule has 1 aliphatic carbocycles. The topological polar surface area (TPSA) is 29.9 Å². The van der Waals surface area contributed by atoms with E-state index in [1.54, 1.807) is 0 Å². The molecular weight excluding hydrogens is 242 g/mol. The van der Waals surface area contributed by atoms with E-state index >= 15 is 0 Å². The highest BCUT2D eigenvalue weighted by atomic mass is 32.2. The van der Waals surface area contributed by atoms with Crippen molar-refractivity contribution in [2.75, 3.05) is 6.26 Å². The van der Waals surface area contributed by atoms with E-state index in [1.807, 2.05) is 23.5 Å². The smallest absolute Gasteiger partial charge is 0.0641 e. The normalized spacial score (nSPS) is 26.2. The van der Waals surface area contributed by atoms with Gasteiger partial charge in [0, 0.05) is 36.1 Å². The van der Waals surface area contributed by atoms with Crippen LogP contribution in [0.5, 0.6) is 0 Å². The minimum absolute atomic E-state index is 0.407. The Hall–Kier alpha value is -0.480. The fraction of sp³-hybridized carbons (Fsp3) is 0.786. The molecule has 102 valence electrons. The summed E-state index contributed by atoms with van der Waals surface area (Å²) in [6.07, 6.45) is 9.76. The minimum Gasteiger partial charge on any atom is -0.307 e. The molecule has 1 N–H and O–H groups in total. The van der Waals surface area contributed by atoms with E-state index in [0.717, 1.165) is 10.9 Å². The molecule has 18 heavy (non-hydrogen) atoms. The number of aryl methyl sites for hydroxylation is 2. The molecule has 0 spiro atoms. The first kappa shape index (κ1) is 13.9. The third kappa shape index (κ3) is 3.29. The van der Waals surface area contributed by atoms with E-state index in [-0.39, 0.29) is 0 Å². The summed E-state index contributed by atoms with van der Waals surface area (Å²) < 4.78 is 1.91. The first-order chi connectivity index (χ1) is 8.60. The molecule has 3 atom stereocenters. The van der Waals surface area contributed by atoms with Crippen molar-refractivity contribution in [1.82, 2.24) is 15.1 Å². The van der Waals surface area contributed by atoms with Crippen molar-refractivity contribution in [3.63, 3.8) is 0 Å². The third-order valence-corrected chi connectivity index (χ3v) is 5.06. The Morgan fingerprint density at radius 1 is 1.50 bits per heavy atom. The van der Waals surface area contributed by atoms with Crippen molar-refractivity contribution in [1.29, 1.82) is 0 Å². The quantitative estimate of drug-likeness (QED) is 0.909. The van der Waals surface area contributed by atoms with Crippen molar-refractivity contribution in [3.8, 4) is 0 Å². The molecule has 1 aromatic rings. The number of nitrogens with one attached hydrogen (secondary N) is 1. The summed E-state index contributed by atoms with van der Waals surface area (Å²) in [7, 11) is 1.99. The van der Waals surface area contributed by atoms with Gasteiger partial charge in [0.25, 0.3) is 0 Å². The Balaban J connectivity index is 1.94. The maximum Gasteiger partial charge on any atom is 0.0641 e. The molecule has 4 heteroatoms. The fourth-order valence-corrected chi connectivity index (χ4v) is 3.82. The van der Waals surface area contributed by atoms with Gasteiger partial charge in [0.15, 0.2) is 0 Å². The molecule has 0 radical (unpaired) electrons. The third-order valence-electron chi connectivity index (χ3n) is 3.96. The summed E-state index contributed by atoms with van der Waals surface area (Å²) in [5.74, 6) is 0. The molecule has 0 amide bonds. The standard InChI is InChI=1S/C14H25N3S/c1-10(14-9-17(3)16-11(14)2)15-12-6-5-7-13(8-12)18-4/h9-10,12-13,15H,5-8H2,1-4H3. The summed E-state index contributed by atoms with van der Waals surface area (Å²) >= 11 is 2.02. The van der Waals surface area contributed by atoms with E-state index in [4.69, 9.17) is 0 Å². The lowest BCUT2D eigenvalue weighted by Gasteiger charge is -2.31. The van der Waals surface area contributed by atoms with Crippen molar-refractivity contribution in [2.24, 2.45) is 7.05 Å². The van der Waals surface area contributed by atoms with Gasteiger partial charge in [-0.05, 0) is 39.4 Å². The summed E-state index contributed by atoms with van der Waals surface area (Å²) in [5.41, 5.74) is 2.48. The number of hydrogen-bond donors (Lipinski definition) is 1. The van der Waals surface area contributed by atoms with Gasteiger partial charge in [0.1, 0.15) is 0 Å². The lowest BCUT2D eigenvalue weighted by molar-refractivity contribution is 0.353. The summed E-state index contributed by atoms with van der Waals surface area (Å²) in [6, 6.07) is 1.08. The molecule has 2 rings (SSSR count). The number of nitrogens with zero attached hydrogens (tertiary/aromatic N) is 2. The predicted octanol–water partition coefficient (Wildman–Crippen LogP) is 3.05. The van der Waals surface area contributed by atoms with Gasteiger partial charge in [-0.3, -0.25) is 4.68 Å². The molecule has 3 unspecified atom stereocenters. The van der Waals surface area contributed by atoms with Gasteiger partial charge in [-0.1, -0.05) is 6.42 Å². The highest BCUT2D eigenvalue weighted by molar-refractivity contribution is 7.99. The van der Waals surface area contributed by atoms with Crippen LogP contribution in [0.15, 0.2) is 6.20 Å². The van der Waals surface area contributed by atoms with Crippen LogP contribution in [0.25, 0.3) is 0 Å². The van der Waals surface area contributed by atoms with Crippen LogP contribution in [0.3, 0.4) is 0 Å². The van der Waals surface area contributed by atoms with Crippen molar-refractivity contribution >= 4 is 11.8 Å². The van der Waals surface area contributed by atoms with Crippen molar-refractivity contribution in [3.05, 3.63) is 17.5 Å². The van der Waals surface area contributed by atoms with Crippen LogP contribution < -0.4 is 5.32 Å². The molecule has 1 aliphatic rings. The second-order valence-electron chi connectivity index (χ2n) is 5.45. The molecule has 0 aromatic carbocycles. The maximum absolute atomic E-state index is 4.43. The van der Waals surface area contributed by atoms with Crippen LogP contribution in [0.4, 0.5) is 0 Å². The molecule has 1 saturated carbocycles. The van der Waals surface area contributed by atoms with Crippen LogP contribution in [-0.2, 0) is 7.05 Å². The second kappa shape index (κ2) is 6.11. The van der Waals surface area contributed by atoms with Crippen LogP contribution >= 0.6 is 11.8 Å². The van der Waals surface area contributed by atoms with Crippen molar-refractivity contribution < 1.29 is 0 Å². The van der Waals surface area contributed by atoms with Gasteiger partial charge >= 0.3 is 0 Å². The molecule has 0 bridgehead atoms. The number of rotatable bonds is 4. The zero-order valence-electron chi connectivity index (χ0n) is 11.9. The lowest BCUT2D eigenvalue weighted by atomic mass is 9.94. The van der Waals surface area contributed by atoms with Gasteiger partial charge in [0.2, 0.25) is 0 Å². The fourth-order valence-electron chi connectivity index (χ4n) is 3.00. The van der Waals surface area contributed by atoms with E-state index in [9.17, 15) is 0 Å². The van der Waals surface area contributed by atoms with Crippen molar-refractivity contribution in [2.45, 2.75) is 56.9 Å². The number of aromatic nitrogens is 2. The lowest BCUT2D eigenvalue weighted by Crippen LogP contribution is -2.36. The zero-order valence-corrected chi connectivity index (χ0v) is 12.8. The minimum atomic E-state index is 0.407. The van der Waals surface area contributed by atoms with Gasteiger partial charge in [-0.15, -0.1) is 0 Å². The number of thioether (sulfide) groups is 1. The Morgan fingerprint density at radius 2 is 2.28 bits per heavy atom. The van der Waals surface area contributed by atoms with E-state index in [0.29, 0.717) is 12.1 Å². The highest BCUT2D eigenvalue weighted by Gasteiger charge is 2.23. The van der Waals surface area contributed by atoms with Crippen LogP contribution in [0.2, 0.25) is 0 Å². The summed E-state index contributed by atoms with van der Waals surface area (Å²) in [4.78, 5) is 0. The zero-order chi connectivity index (χ0) is 13.1. The molecule has 1 fully saturated rings. The summed E-state index contributed by atoms with van der Waals surface area (Å²) in [5, 5.41) is 9.06. The monoisotopic (exact) mass is 267 g/mol. The van der Waals surface area contributed by atoms with Gasteiger partial charge in [0.05, 0.1) is 5.69 Å². The molecule has 1 aromatic heterocycles. The average molecular weight is 267 g/mol. The van der Waals surface area contributed by atoms with Crippen LogP contribution in [0, 0.1) is 6.92 Å². The first-order valence-corrected chi connectivity index (χ1v) is 8.18. The first-order valence-electron chi connectivity index (χ1n) is 6.89. The average Bonchev–Trinajstić information content (AvgIpc) is 2.69. The second-order valence-corrected chi connectivity index (χ2v) is 6.59. The van der Waals surface area contributed by atoms with E-state index < -0.39 is 0 Å². The van der Waals surface area contributed by atoms with Crippen LogP contribution in [-0.4, -0.2) is 27.3 Å². The largest absolute Gasteiger partial charge is 0.307 e. The Bertz CT molecular complexity index is 388. The Labute approximate surface area is 115 Å². The number of hydrogen-bond acceptors (Lipinski definition) is 3. The Morgan fingerprint density at radius 3 is 2.89 bits per heavy atom. The molecular formula is C14H25N3S. The van der Waals surface area contributed by atoms with Gasteiger partial charge in [-0.25, -0.2) is 0 Å².